The molecule has 4 aromatic rings. The van der Waals surface area contributed by atoms with Crippen molar-refractivity contribution in [3.63, 3.8) is 0 Å². The lowest BCUT2D eigenvalue weighted by atomic mass is 10.1. The summed E-state index contributed by atoms with van der Waals surface area (Å²) < 4.78 is 4.43. The van der Waals surface area contributed by atoms with Crippen LogP contribution in [0.15, 0.2) is 46.0 Å². The topological polar surface area (TPSA) is 90.4 Å². The number of aryl methyl sites for hydroxylation is 2. The molecule has 35 heavy (non-hydrogen) atoms. The molecule has 0 radical (unpaired) electrons. The summed E-state index contributed by atoms with van der Waals surface area (Å²) in [6.45, 7) is 12.7. The third-order valence-electron chi connectivity index (χ3n) is 6.40. The fraction of sp³-hybridized carbons (Fsp3) is 0.407. The zero-order chi connectivity index (χ0) is 25.4. The van der Waals surface area contributed by atoms with Gasteiger partial charge in [0, 0.05) is 18.2 Å². The van der Waals surface area contributed by atoms with Crippen LogP contribution in [0.3, 0.4) is 0 Å². The van der Waals surface area contributed by atoms with Gasteiger partial charge in [-0.05, 0) is 62.4 Å². The summed E-state index contributed by atoms with van der Waals surface area (Å²) in [7, 11) is 0. The molecule has 0 spiro atoms. The van der Waals surface area contributed by atoms with Crippen LogP contribution in [0, 0.1) is 19.8 Å². The highest BCUT2D eigenvalue weighted by Crippen LogP contribution is 2.17. The van der Waals surface area contributed by atoms with Crippen LogP contribution < -0.4 is 16.6 Å². The molecule has 8 heteroatoms. The molecule has 1 amide bonds. The van der Waals surface area contributed by atoms with E-state index < -0.39 is 0 Å². The highest BCUT2D eigenvalue weighted by atomic mass is 16.2. The Morgan fingerprint density at radius 2 is 1.80 bits per heavy atom. The smallest absolute Gasteiger partial charge is 0.350 e. The predicted molar refractivity (Wildman–Crippen MR) is 138 cm³/mol. The fourth-order valence-corrected chi connectivity index (χ4v) is 4.23. The first-order chi connectivity index (χ1) is 16.6. The van der Waals surface area contributed by atoms with Crippen molar-refractivity contribution in [3.05, 3.63) is 79.5 Å². The van der Waals surface area contributed by atoms with Gasteiger partial charge in [-0.25, -0.2) is 13.9 Å². The number of hydrogen-bond acceptors (Lipinski definition) is 4. The van der Waals surface area contributed by atoms with Gasteiger partial charge >= 0.3 is 5.69 Å². The molecule has 4 rings (SSSR count). The minimum absolute atomic E-state index is 0.0142. The zero-order valence-corrected chi connectivity index (χ0v) is 21.3. The van der Waals surface area contributed by atoms with Crippen molar-refractivity contribution in [1.82, 2.24) is 24.1 Å². The summed E-state index contributed by atoms with van der Waals surface area (Å²) in [6, 6.07) is 11.0. The maximum Gasteiger partial charge on any atom is 0.352 e. The monoisotopic (exact) mass is 475 g/mol. The Labute approximate surface area is 204 Å². The van der Waals surface area contributed by atoms with Crippen LogP contribution in [-0.4, -0.2) is 30.7 Å². The van der Waals surface area contributed by atoms with E-state index in [4.69, 9.17) is 0 Å². The van der Waals surface area contributed by atoms with E-state index in [1.165, 1.54) is 9.08 Å². The van der Waals surface area contributed by atoms with Crippen LogP contribution in [0.5, 0.6) is 0 Å². The summed E-state index contributed by atoms with van der Waals surface area (Å²) in [5, 5.41) is 7.93. The Morgan fingerprint density at radius 3 is 2.49 bits per heavy atom. The largest absolute Gasteiger partial charge is 0.352 e. The number of fused-ring (bicyclic) bond motifs is 3. The van der Waals surface area contributed by atoms with Crippen molar-refractivity contribution >= 4 is 22.6 Å². The quantitative estimate of drug-likeness (QED) is 0.442. The van der Waals surface area contributed by atoms with Crippen molar-refractivity contribution in [2.24, 2.45) is 5.92 Å². The zero-order valence-electron chi connectivity index (χ0n) is 21.3. The maximum absolute atomic E-state index is 13.6. The van der Waals surface area contributed by atoms with Crippen molar-refractivity contribution < 1.29 is 4.79 Å². The minimum Gasteiger partial charge on any atom is -0.350 e. The van der Waals surface area contributed by atoms with Gasteiger partial charge in [0.25, 0.3) is 11.5 Å². The molecule has 184 valence electrons. The highest BCUT2D eigenvalue weighted by Gasteiger charge is 2.20. The molecule has 0 saturated carbocycles. The molecular formula is C27H33N5O3. The molecule has 2 aromatic heterocycles. The van der Waals surface area contributed by atoms with Gasteiger partial charge in [0.1, 0.15) is 0 Å². The standard InChI is InChI=1S/C27H33N5O3/c1-7-19(6)28-24(33)20-10-11-22-23(13-20)32-26(30(25(22)34)14-16(2)3)29-31(27(32)35)15-21-12-17(4)8-9-18(21)5/h8-13,16,19H,7,14-15H2,1-6H3,(H,28,33). The number of benzene rings is 2. The predicted octanol–water partition coefficient (Wildman–Crippen LogP) is 3.66. The van der Waals surface area contributed by atoms with E-state index in [2.05, 4.69) is 10.4 Å². The highest BCUT2D eigenvalue weighted by molar-refractivity contribution is 5.98. The number of rotatable bonds is 7. The normalized spacial score (nSPS) is 12.5. The van der Waals surface area contributed by atoms with E-state index in [1.807, 2.05) is 59.7 Å². The van der Waals surface area contributed by atoms with E-state index in [0.717, 1.165) is 23.1 Å². The van der Waals surface area contributed by atoms with Crippen LogP contribution in [0.2, 0.25) is 0 Å². The maximum atomic E-state index is 13.6. The van der Waals surface area contributed by atoms with E-state index in [1.54, 1.807) is 22.8 Å². The van der Waals surface area contributed by atoms with Crippen molar-refractivity contribution in [3.8, 4) is 0 Å². The summed E-state index contributed by atoms with van der Waals surface area (Å²) in [4.78, 5) is 39.9. The number of aromatic nitrogens is 4. The van der Waals surface area contributed by atoms with Gasteiger partial charge in [-0.1, -0.05) is 44.5 Å². The molecule has 2 heterocycles. The summed E-state index contributed by atoms with van der Waals surface area (Å²) in [5.74, 6) is 0.219. The van der Waals surface area contributed by atoms with E-state index in [9.17, 15) is 14.4 Å². The number of nitrogens with one attached hydrogen (secondary N) is 1. The fourth-order valence-electron chi connectivity index (χ4n) is 4.23. The first-order valence-corrected chi connectivity index (χ1v) is 12.1. The molecule has 2 aromatic carbocycles. The Kier molecular flexibility index (Phi) is 6.65. The Bertz CT molecular complexity index is 1540. The van der Waals surface area contributed by atoms with Gasteiger partial charge in [-0.2, -0.15) is 0 Å². The third-order valence-corrected chi connectivity index (χ3v) is 6.40. The molecule has 1 N–H and O–H groups in total. The second-order valence-corrected chi connectivity index (χ2v) is 9.83. The van der Waals surface area contributed by atoms with Gasteiger partial charge in [0.15, 0.2) is 0 Å². The van der Waals surface area contributed by atoms with Gasteiger partial charge in [0.2, 0.25) is 5.78 Å². The lowest BCUT2D eigenvalue weighted by Crippen LogP contribution is -2.32. The average Bonchev–Trinajstić information content (AvgIpc) is 3.14. The van der Waals surface area contributed by atoms with Crippen LogP contribution >= 0.6 is 0 Å². The van der Waals surface area contributed by atoms with Crippen LogP contribution in [0.25, 0.3) is 16.7 Å². The summed E-state index contributed by atoms with van der Waals surface area (Å²) >= 11 is 0. The molecule has 1 atom stereocenters. The number of hydrogen-bond donors (Lipinski definition) is 1. The molecule has 0 bridgehead atoms. The van der Waals surface area contributed by atoms with Crippen molar-refractivity contribution in [2.75, 3.05) is 0 Å². The summed E-state index contributed by atoms with van der Waals surface area (Å²) in [5.41, 5.74) is 3.37. The first-order valence-electron chi connectivity index (χ1n) is 12.1. The molecule has 1 unspecified atom stereocenters. The molecule has 8 nitrogen and oxygen atoms in total. The van der Waals surface area contributed by atoms with Gasteiger partial charge in [-0.3, -0.25) is 14.2 Å². The van der Waals surface area contributed by atoms with Gasteiger partial charge < -0.3 is 5.32 Å². The van der Waals surface area contributed by atoms with E-state index in [0.29, 0.717) is 29.6 Å². The third kappa shape index (κ3) is 4.65. The van der Waals surface area contributed by atoms with Crippen molar-refractivity contribution in [1.29, 1.82) is 0 Å². The van der Waals surface area contributed by atoms with E-state index >= 15 is 0 Å². The molecular weight excluding hydrogens is 442 g/mol. The SMILES string of the molecule is CCC(C)NC(=O)c1ccc2c(=O)n(CC(C)C)c3nn(Cc4cc(C)ccc4C)c(=O)n3c2c1. The Balaban J connectivity index is 1.97. The van der Waals surface area contributed by atoms with Crippen LogP contribution in [0.4, 0.5) is 0 Å². The average molecular weight is 476 g/mol. The number of carbonyl (C=O) groups is 1. The molecule has 0 saturated heterocycles. The Hall–Kier alpha value is -3.68. The molecule has 0 aliphatic rings. The van der Waals surface area contributed by atoms with Crippen LogP contribution in [0.1, 0.15) is 61.2 Å². The summed E-state index contributed by atoms with van der Waals surface area (Å²) in [6.07, 6.45) is 0.800. The van der Waals surface area contributed by atoms with Gasteiger partial charge in [0.05, 0.1) is 17.4 Å². The second kappa shape index (κ2) is 9.52. The lowest BCUT2D eigenvalue weighted by Gasteiger charge is -2.14. The molecule has 0 fully saturated rings. The minimum atomic E-state index is -0.345. The Morgan fingerprint density at radius 1 is 1.06 bits per heavy atom. The number of amides is 1. The van der Waals surface area contributed by atoms with Crippen LogP contribution in [-0.2, 0) is 13.1 Å². The number of nitrogens with zero attached hydrogens (tertiary/aromatic N) is 4. The molecule has 0 aliphatic carbocycles. The second-order valence-electron chi connectivity index (χ2n) is 9.83. The first kappa shape index (κ1) is 24.4. The van der Waals surface area contributed by atoms with E-state index in [-0.39, 0.29) is 34.9 Å². The van der Waals surface area contributed by atoms with Gasteiger partial charge in [-0.15, -0.1) is 5.10 Å². The molecule has 0 aliphatic heterocycles. The number of carbonyl (C=O) groups excluding carboxylic acids is 1. The lowest BCUT2D eigenvalue weighted by molar-refractivity contribution is 0.0939. The van der Waals surface area contributed by atoms with Crippen molar-refractivity contribution in [2.45, 2.75) is 67.1 Å².